The van der Waals surface area contributed by atoms with E-state index in [1.807, 2.05) is 13.1 Å². The topological polar surface area (TPSA) is 56.7 Å². The van der Waals surface area contributed by atoms with Gasteiger partial charge in [0.1, 0.15) is 0 Å². The minimum Gasteiger partial charge on any atom is -0.356 e. The summed E-state index contributed by atoms with van der Waals surface area (Å²) in [6.45, 7) is 6.78. The van der Waals surface area contributed by atoms with Crippen molar-refractivity contribution in [3.63, 3.8) is 0 Å². The minimum atomic E-state index is 0. The molecule has 1 unspecified atom stereocenters. The number of piperazine rings is 1. The Morgan fingerprint density at radius 1 is 1.07 bits per heavy atom. The van der Waals surface area contributed by atoms with Crippen LogP contribution in [-0.2, 0) is 0 Å². The van der Waals surface area contributed by atoms with Crippen LogP contribution in [0.5, 0.6) is 0 Å². The predicted molar refractivity (Wildman–Crippen MR) is 122 cm³/mol. The molecule has 2 aromatic rings. The van der Waals surface area contributed by atoms with E-state index in [9.17, 15) is 0 Å². The number of aromatic nitrogens is 2. The molecule has 3 rings (SSSR count). The van der Waals surface area contributed by atoms with Crippen LogP contribution in [0.25, 0.3) is 0 Å². The van der Waals surface area contributed by atoms with Gasteiger partial charge in [-0.2, -0.15) is 0 Å². The van der Waals surface area contributed by atoms with Gasteiger partial charge < -0.3 is 15.1 Å². The summed E-state index contributed by atoms with van der Waals surface area (Å²) in [6, 6.07) is 12.5. The largest absolute Gasteiger partial charge is 0.356 e. The van der Waals surface area contributed by atoms with Crippen LogP contribution in [0, 0.1) is 0 Å². The molecule has 0 amide bonds. The van der Waals surface area contributed by atoms with Gasteiger partial charge >= 0.3 is 0 Å². The van der Waals surface area contributed by atoms with E-state index in [4.69, 9.17) is 0 Å². The number of hydrogen-bond donors (Lipinski definition) is 1. The van der Waals surface area contributed by atoms with Gasteiger partial charge in [0.15, 0.2) is 5.96 Å². The Labute approximate surface area is 179 Å². The fourth-order valence-corrected chi connectivity index (χ4v) is 3.34. The van der Waals surface area contributed by atoms with E-state index in [1.54, 1.807) is 12.4 Å². The number of rotatable bonds is 5. The highest BCUT2D eigenvalue weighted by Gasteiger charge is 2.21. The van der Waals surface area contributed by atoms with E-state index in [1.165, 1.54) is 5.56 Å². The second-order valence-electron chi connectivity index (χ2n) is 6.47. The van der Waals surface area contributed by atoms with Crippen molar-refractivity contribution in [2.75, 3.05) is 44.7 Å². The first kappa shape index (κ1) is 21.4. The summed E-state index contributed by atoms with van der Waals surface area (Å²) < 4.78 is 0. The van der Waals surface area contributed by atoms with Gasteiger partial charge in [-0.15, -0.1) is 24.0 Å². The van der Waals surface area contributed by atoms with Crippen molar-refractivity contribution in [1.82, 2.24) is 20.2 Å². The van der Waals surface area contributed by atoms with E-state index >= 15 is 0 Å². The maximum Gasteiger partial charge on any atom is 0.225 e. The molecule has 0 radical (unpaired) electrons. The van der Waals surface area contributed by atoms with Crippen LogP contribution in [0.4, 0.5) is 5.95 Å². The lowest BCUT2D eigenvalue weighted by molar-refractivity contribution is 0.368. The molecule has 1 aromatic carbocycles. The van der Waals surface area contributed by atoms with Crippen molar-refractivity contribution in [3.05, 3.63) is 54.4 Å². The molecule has 2 heterocycles. The van der Waals surface area contributed by atoms with Crippen LogP contribution in [0.2, 0.25) is 0 Å². The number of anilines is 1. The second kappa shape index (κ2) is 11.1. The van der Waals surface area contributed by atoms with Crippen molar-refractivity contribution >= 4 is 35.9 Å². The zero-order valence-corrected chi connectivity index (χ0v) is 18.4. The standard InChI is InChI=1S/C20H28N6.HI/c1-3-17(18-8-5-4-6-9-18)16-24-19(21-2)25-12-14-26(15-13-25)20-22-10-7-11-23-20;/h4-11,17H,3,12-16H2,1-2H3,(H,21,24);1H. The van der Waals surface area contributed by atoms with Gasteiger partial charge in [0.25, 0.3) is 0 Å². The number of nitrogens with one attached hydrogen (secondary N) is 1. The molecule has 0 spiro atoms. The van der Waals surface area contributed by atoms with Crippen LogP contribution < -0.4 is 10.2 Å². The molecule has 1 fully saturated rings. The molecule has 0 saturated carbocycles. The van der Waals surface area contributed by atoms with Crippen LogP contribution in [-0.4, -0.2) is 60.6 Å². The fourth-order valence-electron chi connectivity index (χ4n) is 3.34. The third-order valence-corrected chi connectivity index (χ3v) is 4.90. The van der Waals surface area contributed by atoms with Crippen molar-refractivity contribution in [1.29, 1.82) is 0 Å². The summed E-state index contributed by atoms with van der Waals surface area (Å²) in [7, 11) is 1.86. The molecule has 1 atom stereocenters. The first-order valence-corrected chi connectivity index (χ1v) is 9.34. The van der Waals surface area contributed by atoms with Crippen molar-refractivity contribution in [3.8, 4) is 0 Å². The number of halogens is 1. The lowest BCUT2D eigenvalue weighted by atomic mass is 9.96. The lowest BCUT2D eigenvalue weighted by Crippen LogP contribution is -2.53. The van der Waals surface area contributed by atoms with Gasteiger partial charge in [-0.3, -0.25) is 4.99 Å². The number of guanidine groups is 1. The normalized spacial score (nSPS) is 15.9. The Morgan fingerprint density at radius 2 is 1.74 bits per heavy atom. The van der Waals surface area contributed by atoms with Crippen molar-refractivity contribution in [2.45, 2.75) is 19.3 Å². The molecular formula is C20H29IN6. The molecular weight excluding hydrogens is 451 g/mol. The summed E-state index contributed by atoms with van der Waals surface area (Å²) in [6.07, 6.45) is 4.69. The Morgan fingerprint density at radius 3 is 2.33 bits per heavy atom. The van der Waals surface area contributed by atoms with Crippen LogP contribution in [0.1, 0.15) is 24.8 Å². The minimum absolute atomic E-state index is 0. The summed E-state index contributed by atoms with van der Waals surface area (Å²) in [5.74, 6) is 2.28. The van der Waals surface area contributed by atoms with Crippen LogP contribution >= 0.6 is 24.0 Å². The average molecular weight is 480 g/mol. The summed E-state index contributed by atoms with van der Waals surface area (Å²) in [5, 5.41) is 3.57. The maximum absolute atomic E-state index is 4.49. The van der Waals surface area contributed by atoms with Gasteiger partial charge in [-0.25, -0.2) is 9.97 Å². The SMILES string of the molecule is CCC(CNC(=NC)N1CCN(c2ncccn2)CC1)c1ccccc1.I. The van der Waals surface area contributed by atoms with Crippen molar-refractivity contribution in [2.24, 2.45) is 4.99 Å². The van der Waals surface area contributed by atoms with E-state index < -0.39 is 0 Å². The van der Waals surface area contributed by atoms with Crippen LogP contribution in [0.15, 0.2) is 53.8 Å². The highest BCUT2D eigenvalue weighted by atomic mass is 127. The molecule has 1 saturated heterocycles. The summed E-state index contributed by atoms with van der Waals surface area (Å²) >= 11 is 0. The zero-order chi connectivity index (χ0) is 18.2. The molecule has 1 aliphatic heterocycles. The van der Waals surface area contributed by atoms with Gasteiger partial charge in [0.05, 0.1) is 0 Å². The van der Waals surface area contributed by atoms with E-state index in [0.717, 1.165) is 51.1 Å². The second-order valence-corrected chi connectivity index (χ2v) is 6.47. The Kier molecular flexibility index (Phi) is 8.77. The lowest BCUT2D eigenvalue weighted by Gasteiger charge is -2.36. The number of hydrogen-bond acceptors (Lipinski definition) is 4. The number of aliphatic imine (C=N–C) groups is 1. The summed E-state index contributed by atoms with van der Waals surface area (Å²) in [4.78, 5) is 17.7. The fraction of sp³-hybridized carbons (Fsp3) is 0.450. The molecule has 146 valence electrons. The Balaban J connectivity index is 0.00000261. The molecule has 27 heavy (non-hydrogen) atoms. The third kappa shape index (κ3) is 5.79. The smallest absolute Gasteiger partial charge is 0.225 e. The quantitative estimate of drug-likeness (QED) is 0.405. The molecule has 7 heteroatoms. The van der Waals surface area contributed by atoms with Gasteiger partial charge in [0.2, 0.25) is 5.95 Å². The Bertz CT molecular complexity index is 686. The van der Waals surface area contributed by atoms with E-state index in [-0.39, 0.29) is 24.0 Å². The predicted octanol–water partition coefficient (Wildman–Crippen LogP) is 2.99. The zero-order valence-electron chi connectivity index (χ0n) is 16.1. The van der Waals surface area contributed by atoms with Gasteiger partial charge in [0, 0.05) is 58.1 Å². The highest BCUT2D eigenvalue weighted by molar-refractivity contribution is 14.0. The third-order valence-electron chi connectivity index (χ3n) is 4.90. The first-order valence-electron chi connectivity index (χ1n) is 9.34. The first-order chi connectivity index (χ1) is 12.8. The van der Waals surface area contributed by atoms with E-state index in [0.29, 0.717) is 5.92 Å². The molecule has 1 N–H and O–H groups in total. The molecule has 1 aliphatic rings. The molecule has 0 bridgehead atoms. The van der Waals surface area contributed by atoms with Crippen LogP contribution in [0.3, 0.4) is 0 Å². The van der Waals surface area contributed by atoms with Gasteiger partial charge in [-0.05, 0) is 18.1 Å². The number of nitrogens with zero attached hydrogens (tertiary/aromatic N) is 5. The highest BCUT2D eigenvalue weighted by Crippen LogP contribution is 2.18. The monoisotopic (exact) mass is 480 g/mol. The summed E-state index contributed by atoms with van der Waals surface area (Å²) in [5.41, 5.74) is 1.38. The van der Waals surface area contributed by atoms with Gasteiger partial charge in [-0.1, -0.05) is 37.3 Å². The molecule has 1 aromatic heterocycles. The average Bonchev–Trinajstić information content (AvgIpc) is 2.73. The maximum atomic E-state index is 4.49. The Hall–Kier alpha value is -1.90. The number of benzene rings is 1. The molecule has 0 aliphatic carbocycles. The molecule has 6 nitrogen and oxygen atoms in total. The van der Waals surface area contributed by atoms with E-state index in [2.05, 4.69) is 67.3 Å². The van der Waals surface area contributed by atoms with Crippen molar-refractivity contribution < 1.29 is 0 Å².